The van der Waals surface area contributed by atoms with Crippen LogP contribution in [0.3, 0.4) is 0 Å². The maximum absolute atomic E-state index is 14.1. The van der Waals surface area contributed by atoms with E-state index in [1.807, 2.05) is 48.5 Å². The molecule has 0 radical (unpaired) electrons. The fourth-order valence-corrected chi connectivity index (χ4v) is 4.71. The van der Waals surface area contributed by atoms with Crippen molar-refractivity contribution in [3.8, 4) is 5.75 Å². The van der Waals surface area contributed by atoms with Crippen LogP contribution in [0.2, 0.25) is 5.02 Å². The highest BCUT2D eigenvalue weighted by molar-refractivity contribution is 6.31. The summed E-state index contributed by atoms with van der Waals surface area (Å²) in [5.74, 6) is -1.21. The van der Waals surface area contributed by atoms with E-state index in [4.69, 9.17) is 16.3 Å². The van der Waals surface area contributed by atoms with E-state index < -0.39 is 24.4 Å². The Morgan fingerprint density at radius 2 is 1.64 bits per heavy atom. The standard InChI is InChI=1S/C29H30ClFN2O3/c30-24-15-7-4-12-22(24)19-33(28(34)20-36-27-17-9-8-16-25(27)31)26(18-21-10-2-1-3-11-21)29(35)32-23-13-5-6-14-23/h1-4,7-12,15-17,23,26H,5-6,13-14,18-20H2,(H,32,35)/t26-/m0/s1. The lowest BCUT2D eigenvalue weighted by molar-refractivity contribution is -0.143. The summed E-state index contributed by atoms with van der Waals surface area (Å²) in [6.07, 6.45) is 4.34. The molecule has 1 fully saturated rings. The summed E-state index contributed by atoms with van der Waals surface area (Å²) in [6, 6.07) is 22.1. The Hall–Kier alpha value is -3.38. The van der Waals surface area contributed by atoms with E-state index in [-0.39, 0.29) is 24.2 Å². The highest BCUT2D eigenvalue weighted by Crippen LogP contribution is 2.23. The second-order valence-electron chi connectivity index (χ2n) is 9.03. The minimum Gasteiger partial charge on any atom is -0.481 e. The van der Waals surface area contributed by atoms with E-state index in [2.05, 4.69) is 5.32 Å². The monoisotopic (exact) mass is 508 g/mol. The number of nitrogens with one attached hydrogen (secondary N) is 1. The number of ether oxygens (including phenoxy) is 1. The molecule has 0 aromatic heterocycles. The number of nitrogens with zero attached hydrogens (tertiary/aromatic N) is 1. The van der Waals surface area contributed by atoms with E-state index in [9.17, 15) is 14.0 Å². The van der Waals surface area contributed by atoms with Gasteiger partial charge in [0, 0.05) is 24.0 Å². The molecular weight excluding hydrogens is 479 g/mol. The molecule has 0 bridgehead atoms. The first-order valence-electron chi connectivity index (χ1n) is 12.3. The van der Waals surface area contributed by atoms with Gasteiger partial charge in [0.15, 0.2) is 18.2 Å². The summed E-state index contributed by atoms with van der Waals surface area (Å²) in [6.45, 7) is -0.290. The van der Waals surface area contributed by atoms with Crippen molar-refractivity contribution in [2.75, 3.05) is 6.61 Å². The minimum atomic E-state index is -0.791. The third kappa shape index (κ3) is 6.85. The van der Waals surface area contributed by atoms with Crippen molar-refractivity contribution in [3.63, 3.8) is 0 Å². The maximum Gasteiger partial charge on any atom is 0.261 e. The zero-order chi connectivity index (χ0) is 25.3. The summed E-state index contributed by atoms with van der Waals surface area (Å²) in [5.41, 5.74) is 1.64. The van der Waals surface area contributed by atoms with Crippen LogP contribution in [-0.4, -0.2) is 35.4 Å². The van der Waals surface area contributed by atoms with Crippen LogP contribution in [0.25, 0.3) is 0 Å². The molecule has 1 saturated carbocycles. The molecule has 0 spiro atoms. The molecule has 0 heterocycles. The predicted octanol–water partition coefficient (Wildman–Crippen LogP) is 5.56. The van der Waals surface area contributed by atoms with E-state index in [0.29, 0.717) is 17.0 Å². The number of halogens is 2. The summed E-state index contributed by atoms with van der Waals surface area (Å²) in [7, 11) is 0. The highest BCUT2D eigenvalue weighted by Gasteiger charge is 2.32. The molecule has 1 N–H and O–H groups in total. The second kappa shape index (κ2) is 12.5. The molecule has 5 nitrogen and oxygen atoms in total. The lowest BCUT2D eigenvalue weighted by Crippen LogP contribution is -2.53. The van der Waals surface area contributed by atoms with Crippen LogP contribution in [0.4, 0.5) is 4.39 Å². The van der Waals surface area contributed by atoms with Gasteiger partial charge in [-0.15, -0.1) is 0 Å². The average Bonchev–Trinajstić information content (AvgIpc) is 3.40. The Labute approximate surface area is 216 Å². The lowest BCUT2D eigenvalue weighted by Gasteiger charge is -2.32. The van der Waals surface area contributed by atoms with Crippen molar-refractivity contribution in [1.29, 1.82) is 0 Å². The zero-order valence-electron chi connectivity index (χ0n) is 20.0. The van der Waals surface area contributed by atoms with Crippen LogP contribution in [0, 0.1) is 5.82 Å². The van der Waals surface area contributed by atoms with E-state index in [0.717, 1.165) is 31.2 Å². The molecular formula is C29H30ClFN2O3. The third-order valence-corrected chi connectivity index (χ3v) is 6.83. The summed E-state index contributed by atoms with van der Waals surface area (Å²) < 4.78 is 19.6. The van der Waals surface area contributed by atoms with Gasteiger partial charge < -0.3 is 15.0 Å². The molecule has 3 aromatic rings. The van der Waals surface area contributed by atoms with Gasteiger partial charge in [-0.05, 0) is 42.2 Å². The van der Waals surface area contributed by atoms with Crippen molar-refractivity contribution in [3.05, 3.63) is 101 Å². The number of benzene rings is 3. The van der Waals surface area contributed by atoms with Crippen molar-refractivity contribution in [2.24, 2.45) is 0 Å². The molecule has 4 rings (SSSR count). The Balaban J connectivity index is 1.63. The van der Waals surface area contributed by atoms with Gasteiger partial charge in [0.1, 0.15) is 6.04 Å². The normalized spacial score (nSPS) is 14.3. The largest absolute Gasteiger partial charge is 0.481 e. The van der Waals surface area contributed by atoms with Crippen LogP contribution in [0.1, 0.15) is 36.8 Å². The van der Waals surface area contributed by atoms with Gasteiger partial charge in [0.05, 0.1) is 0 Å². The van der Waals surface area contributed by atoms with Gasteiger partial charge >= 0.3 is 0 Å². The third-order valence-electron chi connectivity index (χ3n) is 6.46. The van der Waals surface area contributed by atoms with Crippen LogP contribution in [0.5, 0.6) is 5.75 Å². The molecule has 1 aliphatic rings. The Morgan fingerprint density at radius 1 is 0.972 bits per heavy atom. The summed E-state index contributed by atoms with van der Waals surface area (Å²) in [4.78, 5) is 28.7. The summed E-state index contributed by atoms with van der Waals surface area (Å²) in [5, 5.41) is 3.65. The number of hydrogen-bond acceptors (Lipinski definition) is 3. The molecule has 188 valence electrons. The number of hydrogen-bond donors (Lipinski definition) is 1. The molecule has 1 atom stereocenters. The fourth-order valence-electron chi connectivity index (χ4n) is 4.52. The lowest BCUT2D eigenvalue weighted by atomic mass is 10.0. The highest BCUT2D eigenvalue weighted by atomic mass is 35.5. The Bertz CT molecular complexity index is 1170. The van der Waals surface area contributed by atoms with E-state index in [1.165, 1.54) is 17.0 Å². The van der Waals surface area contributed by atoms with Crippen molar-refractivity contribution in [2.45, 2.75) is 50.7 Å². The van der Waals surface area contributed by atoms with Crippen molar-refractivity contribution in [1.82, 2.24) is 10.2 Å². The fraction of sp³-hybridized carbons (Fsp3) is 0.310. The minimum absolute atomic E-state index is 0.0152. The molecule has 2 amide bonds. The van der Waals surface area contributed by atoms with Gasteiger partial charge in [-0.3, -0.25) is 9.59 Å². The second-order valence-corrected chi connectivity index (χ2v) is 9.43. The molecule has 0 saturated heterocycles. The van der Waals surface area contributed by atoms with Gasteiger partial charge in [-0.1, -0.05) is 85.1 Å². The molecule has 7 heteroatoms. The first-order chi connectivity index (χ1) is 17.5. The van der Waals surface area contributed by atoms with Crippen LogP contribution in [-0.2, 0) is 22.6 Å². The van der Waals surface area contributed by atoms with Gasteiger partial charge in [-0.25, -0.2) is 4.39 Å². The van der Waals surface area contributed by atoms with Gasteiger partial charge in [-0.2, -0.15) is 0 Å². The van der Waals surface area contributed by atoms with Crippen molar-refractivity contribution >= 4 is 23.4 Å². The maximum atomic E-state index is 14.1. The number of amides is 2. The van der Waals surface area contributed by atoms with Crippen LogP contribution in [0.15, 0.2) is 78.9 Å². The number of carbonyl (C=O) groups excluding carboxylic acids is 2. The van der Waals surface area contributed by atoms with Crippen LogP contribution >= 0.6 is 11.6 Å². The smallest absolute Gasteiger partial charge is 0.261 e. The van der Waals surface area contributed by atoms with E-state index in [1.54, 1.807) is 18.2 Å². The number of rotatable bonds is 10. The average molecular weight is 509 g/mol. The molecule has 36 heavy (non-hydrogen) atoms. The zero-order valence-corrected chi connectivity index (χ0v) is 20.8. The quantitative estimate of drug-likeness (QED) is 0.390. The first kappa shape index (κ1) is 25.7. The van der Waals surface area contributed by atoms with Crippen LogP contribution < -0.4 is 10.1 Å². The number of carbonyl (C=O) groups is 2. The predicted molar refractivity (Wildman–Crippen MR) is 138 cm³/mol. The van der Waals surface area contributed by atoms with Gasteiger partial charge in [0.2, 0.25) is 5.91 Å². The topological polar surface area (TPSA) is 58.6 Å². The van der Waals surface area contributed by atoms with E-state index >= 15 is 0 Å². The SMILES string of the molecule is O=C(NC1CCCC1)[C@H](Cc1ccccc1)N(Cc1ccccc1Cl)C(=O)COc1ccccc1F. The molecule has 1 aliphatic carbocycles. The molecule has 0 aliphatic heterocycles. The Morgan fingerprint density at radius 3 is 2.36 bits per heavy atom. The van der Waals surface area contributed by atoms with Crippen molar-refractivity contribution < 1.29 is 18.7 Å². The molecule has 3 aromatic carbocycles. The summed E-state index contributed by atoms with van der Waals surface area (Å²) >= 11 is 6.43. The Kier molecular flexibility index (Phi) is 8.95. The van der Waals surface area contributed by atoms with Gasteiger partial charge in [0.25, 0.3) is 5.91 Å². The first-order valence-corrected chi connectivity index (χ1v) is 12.6. The molecule has 0 unspecified atom stereocenters. The number of para-hydroxylation sites is 1.